The molecule has 0 spiro atoms. The molecule has 2 saturated carbocycles. The van der Waals surface area contributed by atoms with E-state index in [0.717, 1.165) is 73.7 Å². The number of fused-ring (bicyclic) bond motifs is 1. The molecule has 2 aliphatic carbocycles. The summed E-state index contributed by atoms with van der Waals surface area (Å²) in [5.41, 5.74) is 5.61. The van der Waals surface area contributed by atoms with Crippen LogP contribution in [0.2, 0.25) is 0 Å². The van der Waals surface area contributed by atoms with Crippen LogP contribution in [0.1, 0.15) is 42.8 Å². The second-order valence-corrected chi connectivity index (χ2v) is 11.4. The second-order valence-electron chi connectivity index (χ2n) is 11.4. The Morgan fingerprint density at radius 1 is 1.02 bits per heavy atom. The summed E-state index contributed by atoms with van der Waals surface area (Å²) >= 11 is 0. The first-order chi connectivity index (χ1) is 20.1. The maximum atomic E-state index is 12.4. The predicted octanol–water partition coefficient (Wildman–Crippen LogP) is 3.86. The number of benzene rings is 1. The second kappa shape index (κ2) is 11.1. The van der Waals surface area contributed by atoms with Gasteiger partial charge in [0.1, 0.15) is 11.5 Å². The Labute approximate surface area is 239 Å². The van der Waals surface area contributed by atoms with Crippen LogP contribution in [0.3, 0.4) is 0 Å². The van der Waals surface area contributed by atoms with Crippen molar-refractivity contribution in [2.75, 3.05) is 39.9 Å². The summed E-state index contributed by atoms with van der Waals surface area (Å²) in [7, 11) is 1.62. The van der Waals surface area contributed by atoms with Gasteiger partial charge in [0, 0.05) is 62.5 Å². The summed E-state index contributed by atoms with van der Waals surface area (Å²) in [6, 6.07) is 10.6. The van der Waals surface area contributed by atoms with Gasteiger partial charge in [-0.3, -0.25) is 14.7 Å². The van der Waals surface area contributed by atoms with Crippen LogP contribution in [0.25, 0.3) is 22.3 Å². The number of hydrogen-bond acceptors (Lipinski definition) is 8. The van der Waals surface area contributed by atoms with Crippen molar-refractivity contribution in [3.8, 4) is 23.0 Å². The zero-order valence-electron chi connectivity index (χ0n) is 23.4. The van der Waals surface area contributed by atoms with Crippen molar-refractivity contribution in [3.63, 3.8) is 0 Å². The Morgan fingerprint density at radius 2 is 1.88 bits per heavy atom. The number of H-pyrrole nitrogens is 1. The minimum absolute atomic E-state index is 0.299. The highest BCUT2D eigenvalue weighted by Crippen LogP contribution is 2.33. The topological polar surface area (TPSA) is 109 Å². The van der Waals surface area contributed by atoms with Gasteiger partial charge in [-0.05, 0) is 61.4 Å². The molecule has 3 fully saturated rings. The van der Waals surface area contributed by atoms with Gasteiger partial charge in [0.25, 0.3) is 0 Å². The van der Waals surface area contributed by atoms with E-state index in [1.807, 2.05) is 29.3 Å². The van der Waals surface area contributed by atoms with Crippen molar-refractivity contribution in [1.82, 2.24) is 34.7 Å². The van der Waals surface area contributed by atoms with Crippen LogP contribution in [0.4, 0.5) is 0 Å². The average molecular weight is 554 g/mol. The third-order valence-corrected chi connectivity index (χ3v) is 8.15. The molecule has 3 aromatic heterocycles. The molecule has 0 atom stereocenters. The van der Waals surface area contributed by atoms with Crippen LogP contribution in [-0.4, -0.2) is 80.5 Å². The lowest BCUT2D eigenvalue weighted by molar-refractivity contribution is -0.134. The minimum atomic E-state index is 0.299. The van der Waals surface area contributed by atoms with Gasteiger partial charge >= 0.3 is 6.01 Å². The molecular weight excluding hydrogens is 518 g/mol. The monoisotopic (exact) mass is 553 g/mol. The molecule has 41 heavy (non-hydrogen) atoms. The SMILES string of the molecule is COc1cnc(OCC2CC2)nc1-c1ccc2nc(Cc3cc(CN4CCN(C(=O)C5CC5)CC4)ccn3)[nH]c2c1. The molecule has 212 valence electrons. The van der Waals surface area contributed by atoms with E-state index >= 15 is 0 Å². The maximum Gasteiger partial charge on any atom is 0.317 e. The average Bonchev–Trinajstić information content (AvgIpc) is 3.93. The first kappa shape index (κ1) is 25.9. The van der Waals surface area contributed by atoms with Crippen LogP contribution in [0, 0.1) is 11.8 Å². The van der Waals surface area contributed by atoms with Gasteiger partial charge in [-0.1, -0.05) is 6.07 Å². The Morgan fingerprint density at radius 3 is 2.66 bits per heavy atom. The minimum Gasteiger partial charge on any atom is -0.493 e. The van der Waals surface area contributed by atoms with Crippen molar-refractivity contribution in [3.05, 3.63) is 59.8 Å². The van der Waals surface area contributed by atoms with Crippen LogP contribution in [0.5, 0.6) is 11.8 Å². The molecular formula is C31H35N7O3. The number of hydrogen-bond donors (Lipinski definition) is 1. The van der Waals surface area contributed by atoms with Crippen molar-refractivity contribution < 1.29 is 14.3 Å². The lowest BCUT2D eigenvalue weighted by atomic mass is 10.1. The van der Waals surface area contributed by atoms with Crippen LogP contribution in [-0.2, 0) is 17.8 Å². The largest absolute Gasteiger partial charge is 0.493 e. The maximum absolute atomic E-state index is 12.4. The van der Waals surface area contributed by atoms with Crippen LogP contribution >= 0.6 is 0 Å². The smallest absolute Gasteiger partial charge is 0.317 e. The number of nitrogens with one attached hydrogen (secondary N) is 1. The number of ether oxygens (including phenoxy) is 2. The predicted molar refractivity (Wildman–Crippen MR) is 154 cm³/mol. The summed E-state index contributed by atoms with van der Waals surface area (Å²) in [5.74, 6) is 2.73. The Balaban J connectivity index is 1.02. The van der Waals surface area contributed by atoms with Crippen molar-refractivity contribution in [1.29, 1.82) is 0 Å². The molecule has 1 amide bonds. The van der Waals surface area contributed by atoms with Gasteiger partial charge < -0.3 is 19.4 Å². The van der Waals surface area contributed by atoms with Gasteiger partial charge in [-0.25, -0.2) is 4.98 Å². The van der Waals surface area contributed by atoms with E-state index in [1.54, 1.807) is 13.3 Å². The molecule has 10 heteroatoms. The van der Waals surface area contributed by atoms with Gasteiger partial charge in [-0.2, -0.15) is 9.97 Å². The zero-order valence-corrected chi connectivity index (χ0v) is 23.4. The number of methoxy groups -OCH3 is 1. The number of imidazole rings is 1. The normalized spacial score (nSPS) is 17.6. The lowest BCUT2D eigenvalue weighted by Gasteiger charge is -2.35. The number of nitrogens with zero attached hydrogens (tertiary/aromatic N) is 6. The third kappa shape index (κ3) is 6.02. The number of pyridine rings is 1. The first-order valence-corrected chi connectivity index (χ1v) is 14.6. The Hall–Kier alpha value is -4.05. The standard InChI is InChI=1S/C31H35N7O3/c1-40-27-17-33-31(41-19-20-2-3-20)36-29(27)23-6-7-25-26(15-23)35-28(34-25)16-24-14-21(8-9-32-24)18-37-10-12-38(13-11-37)30(39)22-4-5-22/h6-9,14-15,17,20,22H,2-5,10-13,16,18-19H2,1H3,(H,34,35). The number of rotatable bonds is 10. The number of carbonyl (C=O) groups is 1. The van der Waals surface area contributed by atoms with E-state index in [4.69, 9.17) is 14.5 Å². The van der Waals surface area contributed by atoms with Crippen molar-refractivity contribution in [2.45, 2.75) is 38.6 Å². The molecule has 0 bridgehead atoms. The Kier molecular flexibility index (Phi) is 7.00. The van der Waals surface area contributed by atoms with Crippen molar-refractivity contribution >= 4 is 16.9 Å². The molecule has 1 aromatic carbocycles. The number of aromatic amines is 1. The van der Waals surface area contributed by atoms with E-state index < -0.39 is 0 Å². The Bertz CT molecular complexity index is 1550. The summed E-state index contributed by atoms with van der Waals surface area (Å²) in [4.78, 5) is 38.7. The summed E-state index contributed by atoms with van der Waals surface area (Å²) in [5, 5.41) is 0. The van der Waals surface area contributed by atoms with Gasteiger partial charge in [0.2, 0.25) is 5.91 Å². The molecule has 10 nitrogen and oxygen atoms in total. The van der Waals surface area contributed by atoms with E-state index in [-0.39, 0.29) is 0 Å². The van der Waals surface area contributed by atoms with E-state index in [1.165, 1.54) is 18.4 Å². The highest BCUT2D eigenvalue weighted by Gasteiger charge is 2.34. The third-order valence-electron chi connectivity index (χ3n) is 8.15. The number of amides is 1. The quantitative estimate of drug-likeness (QED) is 0.315. The van der Waals surface area contributed by atoms with E-state index in [2.05, 4.69) is 37.0 Å². The molecule has 3 aliphatic rings. The van der Waals surface area contributed by atoms with Crippen LogP contribution in [0.15, 0.2) is 42.7 Å². The summed E-state index contributed by atoms with van der Waals surface area (Å²) in [6.45, 7) is 4.98. The molecule has 0 unspecified atom stereocenters. The highest BCUT2D eigenvalue weighted by atomic mass is 16.5. The number of piperazine rings is 1. The van der Waals surface area contributed by atoms with Gasteiger partial charge in [-0.15, -0.1) is 0 Å². The number of aromatic nitrogens is 5. The van der Waals surface area contributed by atoms with E-state index in [9.17, 15) is 4.79 Å². The lowest BCUT2D eigenvalue weighted by Crippen LogP contribution is -2.48. The summed E-state index contributed by atoms with van der Waals surface area (Å²) in [6.07, 6.45) is 8.71. The highest BCUT2D eigenvalue weighted by molar-refractivity contribution is 5.82. The fraction of sp³-hybridized carbons (Fsp3) is 0.452. The molecule has 4 aromatic rings. The molecule has 4 heterocycles. The zero-order chi connectivity index (χ0) is 27.8. The molecule has 1 saturated heterocycles. The van der Waals surface area contributed by atoms with Crippen molar-refractivity contribution in [2.24, 2.45) is 11.8 Å². The fourth-order valence-corrected chi connectivity index (χ4v) is 5.42. The van der Waals surface area contributed by atoms with Crippen LogP contribution < -0.4 is 9.47 Å². The first-order valence-electron chi connectivity index (χ1n) is 14.6. The summed E-state index contributed by atoms with van der Waals surface area (Å²) < 4.78 is 11.4. The molecule has 1 aliphatic heterocycles. The van der Waals surface area contributed by atoms with E-state index in [0.29, 0.717) is 48.2 Å². The molecule has 1 N–H and O–H groups in total. The fourth-order valence-electron chi connectivity index (χ4n) is 5.42. The molecule has 7 rings (SSSR count). The van der Waals surface area contributed by atoms with Gasteiger partial charge in [0.15, 0.2) is 5.75 Å². The number of carbonyl (C=O) groups excluding carboxylic acids is 1. The molecule has 0 radical (unpaired) electrons. The van der Waals surface area contributed by atoms with Gasteiger partial charge in [0.05, 0.1) is 30.9 Å².